The van der Waals surface area contributed by atoms with Gasteiger partial charge in [0.1, 0.15) is 0 Å². The lowest BCUT2D eigenvalue weighted by Crippen LogP contribution is -2.34. The molecule has 0 aliphatic carbocycles. The molecule has 0 radical (unpaired) electrons. The first-order valence-electron chi connectivity index (χ1n) is 6.91. The van der Waals surface area contributed by atoms with Gasteiger partial charge in [-0.2, -0.15) is 0 Å². The standard InChI is InChI=1S/C15H13ClN4O2S/c1-2-20-14(22)9-5-3-4-6-10(9)17-15(20)19-18-13(21)11-7-8-12(16)23-11/h3-8H,2H2,1H3,(H,17,19)(H,18,21). The third-order valence-electron chi connectivity index (χ3n) is 3.26. The monoisotopic (exact) mass is 348 g/mol. The van der Waals surface area contributed by atoms with Crippen LogP contribution in [0.2, 0.25) is 4.34 Å². The second kappa shape index (κ2) is 6.39. The number of aromatic nitrogens is 2. The molecule has 0 atom stereocenters. The van der Waals surface area contributed by atoms with E-state index in [4.69, 9.17) is 11.6 Å². The van der Waals surface area contributed by atoms with Crippen molar-refractivity contribution in [2.45, 2.75) is 13.5 Å². The summed E-state index contributed by atoms with van der Waals surface area (Å²) in [4.78, 5) is 29.4. The highest BCUT2D eigenvalue weighted by molar-refractivity contribution is 7.18. The summed E-state index contributed by atoms with van der Waals surface area (Å²) in [5, 5.41) is 0.538. The Balaban J connectivity index is 1.90. The number of hydrogen-bond acceptors (Lipinski definition) is 5. The fourth-order valence-corrected chi connectivity index (χ4v) is 3.11. The lowest BCUT2D eigenvalue weighted by molar-refractivity contribution is 0.0966. The average Bonchev–Trinajstić information content (AvgIpc) is 2.99. The molecule has 0 saturated heterocycles. The Labute approximate surface area is 140 Å². The zero-order valence-corrected chi connectivity index (χ0v) is 13.7. The fraction of sp³-hybridized carbons (Fsp3) is 0.133. The Kier molecular flexibility index (Phi) is 4.31. The highest BCUT2D eigenvalue weighted by atomic mass is 35.5. The van der Waals surface area contributed by atoms with Gasteiger partial charge in [0.15, 0.2) is 0 Å². The number of anilines is 1. The molecule has 0 fully saturated rings. The molecule has 0 aliphatic rings. The minimum Gasteiger partial charge on any atom is -0.277 e. The Morgan fingerprint density at radius 1 is 1.30 bits per heavy atom. The molecule has 0 saturated carbocycles. The molecule has 0 spiro atoms. The van der Waals surface area contributed by atoms with Crippen LogP contribution in [0.15, 0.2) is 41.2 Å². The van der Waals surface area contributed by atoms with E-state index in [9.17, 15) is 9.59 Å². The molecule has 2 aromatic heterocycles. The molecule has 8 heteroatoms. The van der Waals surface area contributed by atoms with Crippen molar-refractivity contribution in [3.8, 4) is 0 Å². The Morgan fingerprint density at radius 3 is 2.78 bits per heavy atom. The van der Waals surface area contributed by atoms with Crippen molar-refractivity contribution >= 4 is 45.7 Å². The second-order valence-corrected chi connectivity index (χ2v) is 6.40. The van der Waals surface area contributed by atoms with E-state index in [-0.39, 0.29) is 17.4 Å². The van der Waals surface area contributed by atoms with E-state index in [0.717, 1.165) is 0 Å². The van der Waals surface area contributed by atoms with E-state index >= 15 is 0 Å². The van der Waals surface area contributed by atoms with Crippen molar-refractivity contribution in [3.05, 3.63) is 56.0 Å². The maximum Gasteiger partial charge on any atom is 0.279 e. The van der Waals surface area contributed by atoms with Crippen molar-refractivity contribution in [1.82, 2.24) is 15.0 Å². The molecule has 118 valence electrons. The largest absolute Gasteiger partial charge is 0.279 e. The molecule has 2 N–H and O–H groups in total. The molecule has 0 aliphatic heterocycles. The zero-order chi connectivity index (χ0) is 16.4. The smallest absolute Gasteiger partial charge is 0.277 e. The Morgan fingerprint density at radius 2 is 2.09 bits per heavy atom. The molecule has 2 heterocycles. The summed E-state index contributed by atoms with van der Waals surface area (Å²) in [6.45, 7) is 2.27. The molecule has 3 rings (SSSR count). The number of carbonyl (C=O) groups is 1. The predicted molar refractivity (Wildman–Crippen MR) is 92.1 cm³/mol. The van der Waals surface area contributed by atoms with Gasteiger partial charge in [-0.15, -0.1) is 11.3 Å². The van der Waals surface area contributed by atoms with E-state index in [2.05, 4.69) is 15.8 Å². The van der Waals surface area contributed by atoms with Gasteiger partial charge >= 0.3 is 0 Å². The minimum absolute atomic E-state index is 0.158. The lowest BCUT2D eigenvalue weighted by atomic mass is 10.2. The fourth-order valence-electron chi connectivity index (χ4n) is 2.17. The summed E-state index contributed by atoms with van der Waals surface area (Å²) in [5.41, 5.74) is 5.67. The van der Waals surface area contributed by atoms with E-state index in [1.54, 1.807) is 36.4 Å². The van der Waals surface area contributed by atoms with Crippen LogP contribution in [-0.4, -0.2) is 15.5 Å². The molecule has 0 bridgehead atoms. The van der Waals surface area contributed by atoms with E-state index < -0.39 is 0 Å². The highest BCUT2D eigenvalue weighted by Crippen LogP contribution is 2.21. The van der Waals surface area contributed by atoms with Crippen LogP contribution in [0.1, 0.15) is 16.6 Å². The van der Waals surface area contributed by atoms with Crippen LogP contribution in [0.5, 0.6) is 0 Å². The van der Waals surface area contributed by atoms with Crippen molar-refractivity contribution < 1.29 is 4.79 Å². The van der Waals surface area contributed by atoms with Gasteiger partial charge in [0.2, 0.25) is 5.95 Å². The van der Waals surface area contributed by atoms with Crippen LogP contribution in [0, 0.1) is 0 Å². The number of nitrogens with one attached hydrogen (secondary N) is 2. The number of thiophene rings is 1. The van der Waals surface area contributed by atoms with Crippen LogP contribution < -0.4 is 16.4 Å². The molecular weight excluding hydrogens is 336 g/mol. The van der Waals surface area contributed by atoms with Crippen LogP contribution in [0.25, 0.3) is 10.9 Å². The molecule has 0 unspecified atom stereocenters. The first kappa shape index (κ1) is 15.5. The summed E-state index contributed by atoms with van der Waals surface area (Å²) in [6.07, 6.45) is 0. The van der Waals surface area contributed by atoms with Gasteiger partial charge in [0.05, 0.1) is 20.1 Å². The van der Waals surface area contributed by atoms with Crippen LogP contribution in [0.4, 0.5) is 5.95 Å². The normalized spacial score (nSPS) is 10.7. The number of fused-ring (bicyclic) bond motifs is 1. The summed E-state index contributed by atoms with van der Waals surface area (Å²) in [6, 6.07) is 10.4. The highest BCUT2D eigenvalue weighted by Gasteiger charge is 2.12. The SMILES string of the molecule is CCn1c(NNC(=O)c2ccc(Cl)s2)nc2ccccc2c1=O. The van der Waals surface area contributed by atoms with Crippen LogP contribution in [-0.2, 0) is 6.54 Å². The van der Waals surface area contributed by atoms with Gasteiger partial charge in [-0.05, 0) is 31.2 Å². The van der Waals surface area contributed by atoms with Crippen molar-refractivity contribution in [1.29, 1.82) is 0 Å². The number of para-hydroxylation sites is 1. The predicted octanol–water partition coefficient (Wildman–Crippen LogP) is 2.89. The number of carbonyl (C=O) groups excluding carboxylic acids is 1. The summed E-state index contributed by atoms with van der Waals surface area (Å²) >= 11 is 6.99. The maximum atomic E-state index is 12.5. The quantitative estimate of drug-likeness (QED) is 0.711. The number of amides is 1. The zero-order valence-electron chi connectivity index (χ0n) is 12.2. The maximum absolute atomic E-state index is 12.5. The first-order chi connectivity index (χ1) is 11.1. The second-order valence-electron chi connectivity index (χ2n) is 4.68. The van der Waals surface area contributed by atoms with Crippen molar-refractivity contribution in [2.24, 2.45) is 0 Å². The number of hydrogen-bond donors (Lipinski definition) is 2. The van der Waals surface area contributed by atoms with Crippen LogP contribution >= 0.6 is 22.9 Å². The van der Waals surface area contributed by atoms with Gasteiger partial charge < -0.3 is 0 Å². The summed E-state index contributed by atoms with van der Waals surface area (Å²) in [7, 11) is 0. The summed E-state index contributed by atoms with van der Waals surface area (Å²) < 4.78 is 1.99. The number of rotatable bonds is 4. The van der Waals surface area contributed by atoms with Gasteiger partial charge in [-0.1, -0.05) is 23.7 Å². The third kappa shape index (κ3) is 3.06. The van der Waals surface area contributed by atoms with Gasteiger partial charge in [0, 0.05) is 6.54 Å². The van der Waals surface area contributed by atoms with E-state index in [1.165, 1.54) is 15.9 Å². The topological polar surface area (TPSA) is 76.0 Å². The third-order valence-corrected chi connectivity index (χ3v) is 4.49. The van der Waals surface area contributed by atoms with E-state index in [1.807, 2.05) is 6.92 Å². The average molecular weight is 349 g/mol. The molecule has 6 nitrogen and oxygen atoms in total. The van der Waals surface area contributed by atoms with Crippen LogP contribution in [0.3, 0.4) is 0 Å². The summed E-state index contributed by atoms with van der Waals surface area (Å²) in [5.74, 6) is -0.0563. The first-order valence-corrected chi connectivity index (χ1v) is 8.11. The van der Waals surface area contributed by atoms with Gasteiger partial charge in [-0.25, -0.2) is 4.98 Å². The number of hydrazine groups is 1. The minimum atomic E-state index is -0.341. The molecular formula is C15H13ClN4O2S. The Bertz CT molecular complexity index is 935. The number of benzene rings is 1. The van der Waals surface area contributed by atoms with Crippen molar-refractivity contribution in [3.63, 3.8) is 0 Å². The van der Waals surface area contributed by atoms with Crippen molar-refractivity contribution in [2.75, 3.05) is 5.43 Å². The number of nitrogens with zero attached hydrogens (tertiary/aromatic N) is 2. The Hall–Kier alpha value is -2.38. The van der Waals surface area contributed by atoms with Gasteiger partial charge in [-0.3, -0.25) is 25.0 Å². The molecule has 1 amide bonds. The number of halogens is 1. The van der Waals surface area contributed by atoms with E-state index in [0.29, 0.717) is 26.7 Å². The molecule has 23 heavy (non-hydrogen) atoms. The molecule has 1 aromatic carbocycles. The molecule has 3 aromatic rings. The lowest BCUT2D eigenvalue weighted by Gasteiger charge is -2.13. The van der Waals surface area contributed by atoms with Gasteiger partial charge in [0.25, 0.3) is 11.5 Å².